The minimum absolute atomic E-state index is 0.699. The van der Waals surface area contributed by atoms with E-state index in [4.69, 9.17) is 0 Å². The summed E-state index contributed by atoms with van der Waals surface area (Å²) in [6.07, 6.45) is 7.57. The molecule has 0 radical (unpaired) electrons. The number of hydrogen-bond donors (Lipinski definition) is 0. The summed E-state index contributed by atoms with van der Waals surface area (Å²) >= 11 is 0. The van der Waals surface area contributed by atoms with Gasteiger partial charge in [-0.25, -0.2) is 0 Å². The molecular weight excluding hydrogens is 703 g/mol. The van der Waals surface area contributed by atoms with Gasteiger partial charge in [0.1, 0.15) is 0 Å². The van der Waals surface area contributed by atoms with Gasteiger partial charge in [-0.1, -0.05) is 135 Å². The Morgan fingerprint density at radius 1 is 0.397 bits per heavy atom. The zero-order valence-electron chi connectivity index (χ0n) is 32.8. The van der Waals surface area contributed by atoms with Gasteiger partial charge in [0.2, 0.25) is 0 Å². The van der Waals surface area contributed by atoms with Gasteiger partial charge in [-0.2, -0.15) is 0 Å². The number of fused-ring (bicyclic) bond motifs is 3. The second-order valence-corrected chi connectivity index (χ2v) is 15.6. The van der Waals surface area contributed by atoms with Crippen LogP contribution >= 0.6 is 0 Å². The van der Waals surface area contributed by atoms with Gasteiger partial charge in [0.25, 0.3) is 0 Å². The SMILES string of the molecule is c1ccc(N(c2ccc(Cc3ccc(N(c4ccccc4)c4cccc5c4c4ccccc4n5-c4ccccc4)cc3)cc2)c2ccc(C3CCCCC3)cc2)cc1. The summed E-state index contributed by atoms with van der Waals surface area (Å²) in [5.41, 5.74) is 14.5. The molecule has 58 heavy (non-hydrogen) atoms. The lowest BCUT2D eigenvalue weighted by Gasteiger charge is -2.27. The smallest absolute Gasteiger partial charge is 0.0562 e. The molecule has 10 rings (SSSR count). The van der Waals surface area contributed by atoms with Crippen LogP contribution in [-0.2, 0) is 6.42 Å². The minimum Gasteiger partial charge on any atom is -0.311 e. The molecule has 9 aromatic rings. The lowest BCUT2D eigenvalue weighted by Crippen LogP contribution is -2.11. The van der Waals surface area contributed by atoms with Gasteiger partial charge in [-0.3, -0.25) is 0 Å². The third kappa shape index (κ3) is 6.94. The van der Waals surface area contributed by atoms with E-state index in [0.717, 1.165) is 34.9 Å². The van der Waals surface area contributed by atoms with Gasteiger partial charge in [-0.15, -0.1) is 0 Å². The highest BCUT2D eigenvalue weighted by molar-refractivity contribution is 6.16. The van der Waals surface area contributed by atoms with Crippen LogP contribution in [0, 0.1) is 0 Å². The zero-order chi connectivity index (χ0) is 38.7. The fourth-order valence-electron chi connectivity index (χ4n) is 9.16. The number of benzene rings is 8. The summed E-state index contributed by atoms with van der Waals surface area (Å²) in [5.74, 6) is 0.699. The van der Waals surface area contributed by atoms with Crippen molar-refractivity contribution >= 4 is 55.9 Å². The minimum atomic E-state index is 0.699. The van der Waals surface area contributed by atoms with Crippen LogP contribution in [-0.4, -0.2) is 4.57 Å². The molecular formula is C55H47N3. The molecule has 1 aliphatic rings. The van der Waals surface area contributed by atoms with Crippen molar-refractivity contribution in [3.63, 3.8) is 0 Å². The number of para-hydroxylation sites is 4. The summed E-state index contributed by atoms with van der Waals surface area (Å²) in [6, 6.07) is 75.2. The standard InChI is InChI=1S/C55H47N3/c1-5-16-43(17-6-1)44-32-38-49(39-33-44)56(45-18-7-2-8-19-45)48-34-28-41(29-35-48)40-42-30-36-50(37-31-42)57(46-20-9-3-10-21-46)53-26-15-27-54-55(53)51-24-13-14-25-52(51)58(54)47-22-11-4-12-23-47/h2-4,7-15,18-39,43H,1,5-6,16-17,40H2. The number of anilines is 6. The molecule has 1 saturated carbocycles. The summed E-state index contributed by atoms with van der Waals surface area (Å²) in [6.45, 7) is 0. The average Bonchev–Trinajstić information content (AvgIpc) is 3.64. The summed E-state index contributed by atoms with van der Waals surface area (Å²) in [5, 5.41) is 2.47. The zero-order valence-corrected chi connectivity index (χ0v) is 32.8. The van der Waals surface area contributed by atoms with Gasteiger partial charge in [0.15, 0.2) is 0 Å². The third-order valence-corrected chi connectivity index (χ3v) is 12.0. The Bertz CT molecular complexity index is 2750. The third-order valence-electron chi connectivity index (χ3n) is 12.0. The number of aromatic nitrogens is 1. The first-order chi connectivity index (χ1) is 28.8. The monoisotopic (exact) mass is 749 g/mol. The van der Waals surface area contributed by atoms with E-state index in [1.807, 2.05) is 0 Å². The Labute approximate surface area is 342 Å². The number of nitrogens with zero attached hydrogens (tertiary/aromatic N) is 3. The predicted molar refractivity (Wildman–Crippen MR) is 245 cm³/mol. The molecule has 0 saturated heterocycles. The first-order valence-electron chi connectivity index (χ1n) is 20.8. The first kappa shape index (κ1) is 35.6. The van der Waals surface area contributed by atoms with Crippen LogP contribution in [0.2, 0.25) is 0 Å². The fraction of sp³-hybridized carbons (Fsp3) is 0.127. The van der Waals surface area contributed by atoms with E-state index < -0.39 is 0 Å². The van der Waals surface area contributed by atoms with Crippen molar-refractivity contribution in [2.24, 2.45) is 0 Å². The maximum absolute atomic E-state index is 2.41. The van der Waals surface area contributed by atoms with Gasteiger partial charge in [0, 0.05) is 44.9 Å². The Hall–Kier alpha value is -6.84. The Morgan fingerprint density at radius 3 is 1.50 bits per heavy atom. The van der Waals surface area contributed by atoms with Crippen LogP contribution < -0.4 is 9.80 Å². The van der Waals surface area contributed by atoms with Gasteiger partial charge in [0.05, 0.1) is 16.7 Å². The predicted octanol–water partition coefficient (Wildman–Crippen LogP) is 15.4. The van der Waals surface area contributed by atoms with Crippen LogP contribution in [0.25, 0.3) is 27.5 Å². The molecule has 282 valence electrons. The molecule has 0 amide bonds. The molecule has 8 aromatic carbocycles. The molecule has 0 bridgehead atoms. The molecule has 0 unspecified atom stereocenters. The van der Waals surface area contributed by atoms with Crippen molar-refractivity contribution in [2.45, 2.75) is 44.4 Å². The van der Waals surface area contributed by atoms with Crippen molar-refractivity contribution in [3.8, 4) is 5.69 Å². The van der Waals surface area contributed by atoms with E-state index in [2.05, 4.69) is 221 Å². The van der Waals surface area contributed by atoms with Crippen molar-refractivity contribution in [1.29, 1.82) is 0 Å². The van der Waals surface area contributed by atoms with E-state index >= 15 is 0 Å². The maximum Gasteiger partial charge on any atom is 0.0562 e. The first-order valence-corrected chi connectivity index (χ1v) is 20.8. The van der Waals surface area contributed by atoms with Crippen LogP contribution in [0.4, 0.5) is 34.1 Å². The van der Waals surface area contributed by atoms with Crippen molar-refractivity contribution in [3.05, 3.63) is 223 Å². The van der Waals surface area contributed by atoms with Gasteiger partial charge >= 0.3 is 0 Å². The molecule has 1 aromatic heterocycles. The highest BCUT2D eigenvalue weighted by atomic mass is 15.2. The van der Waals surface area contributed by atoms with E-state index in [1.165, 1.54) is 82.0 Å². The normalized spacial score (nSPS) is 13.2. The molecule has 1 aliphatic carbocycles. The molecule has 1 heterocycles. The van der Waals surface area contributed by atoms with E-state index in [9.17, 15) is 0 Å². The quantitative estimate of drug-likeness (QED) is 0.138. The Kier molecular flexibility index (Phi) is 9.78. The molecule has 0 aliphatic heterocycles. The molecule has 3 heteroatoms. The molecule has 0 atom stereocenters. The topological polar surface area (TPSA) is 11.4 Å². The second-order valence-electron chi connectivity index (χ2n) is 15.6. The van der Waals surface area contributed by atoms with Gasteiger partial charge < -0.3 is 14.4 Å². The maximum atomic E-state index is 2.41. The van der Waals surface area contributed by atoms with Crippen LogP contribution in [0.5, 0.6) is 0 Å². The van der Waals surface area contributed by atoms with Crippen LogP contribution in [0.3, 0.4) is 0 Å². The fourth-order valence-corrected chi connectivity index (χ4v) is 9.16. The highest BCUT2D eigenvalue weighted by Crippen LogP contribution is 2.44. The summed E-state index contributed by atoms with van der Waals surface area (Å²) in [7, 11) is 0. The van der Waals surface area contributed by atoms with E-state index in [-0.39, 0.29) is 0 Å². The van der Waals surface area contributed by atoms with Crippen LogP contribution in [0.1, 0.15) is 54.7 Å². The Balaban J connectivity index is 0.956. The molecule has 0 N–H and O–H groups in total. The largest absolute Gasteiger partial charge is 0.311 e. The van der Waals surface area contributed by atoms with Crippen molar-refractivity contribution in [1.82, 2.24) is 4.57 Å². The lowest BCUT2D eigenvalue weighted by molar-refractivity contribution is 0.443. The lowest BCUT2D eigenvalue weighted by atomic mass is 9.84. The number of hydrogen-bond acceptors (Lipinski definition) is 2. The van der Waals surface area contributed by atoms with Gasteiger partial charge in [-0.05, 0) is 133 Å². The molecule has 1 fully saturated rings. The summed E-state index contributed by atoms with van der Waals surface area (Å²) < 4.78 is 2.39. The second kappa shape index (κ2) is 16.0. The molecule has 0 spiro atoms. The molecule has 3 nitrogen and oxygen atoms in total. The van der Waals surface area contributed by atoms with Crippen molar-refractivity contribution in [2.75, 3.05) is 9.80 Å². The number of rotatable bonds is 10. The van der Waals surface area contributed by atoms with E-state index in [1.54, 1.807) is 0 Å². The van der Waals surface area contributed by atoms with Crippen molar-refractivity contribution < 1.29 is 0 Å². The van der Waals surface area contributed by atoms with E-state index in [0.29, 0.717) is 5.92 Å². The summed E-state index contributed by atoms with van der Waals surface area (Å²) in [4.78, 5) is 4.78. The Morgan fingerprint density at radius 2 is 0.879 bits per heavy atom. The highest BCUT2D eigenvalue weighted by Gasteiger charge is 2.21. The van der Waals surface area contributed by atoms with Crippen LogP contribution in [0.15, 0.2) is 206 Å². The average molecular weight is 750 g/mol.